The highest BCUT2D eigenvalue weighted by Gasteiger charge is 2.21. The van der Waals surface area contributed by atoms with Gasteiger partial charge in [0.05, 0.1) is 39.4 Å². The van der Waals surface area contributed by atoms with Crippen molar-refractivity contribution in [3.8, 4) is 5.69 Å². The van der Waals surface area contributed by atoms with Crippen molar-refractivity contribution >= 4 is 40.0 Å². The van der Waals surface area contributed by atoms with Gasteiger partial charge in [0.1, 0.15) is 0 Å². The fourth-order valence-electron chi connectivity index (χ4n) is 3.55. The van der Waals surface area contributed by atoms with Gasteiger partial charge in [-0.1, -0.05) is 44.5 Å². The molecule has 174 valence electrons. The minimum atomic E-state index is -0.496. The molecule has 0 bridgehead atoms. The third-order valence-corrected chi connectivity index (χ3v) is 5.81. The minimum Gasteiger partial charge on any atom is -0.352 e. The van der Waals surface area contributed by atoms with Gasteiger partial charge >= 0.3 is 0 Å². The van der Waals surface area contributed by atoms with Crippen LogP contribution in [-0.2, 0) is 11.3 Å². The number of aromatic nitrogens is 3. The molecular weight excluding hydrogens is 450 g/mol. The first kappa shape index (κ1) is 23.4. The summed E-state index contributed by atoms with van der Waals surface area (Å²) >= 11 is 6.34. The van der Waals surface area contributed by atoms with Gasteiger partial charge < -0.3 is 10.6 Å². The third kappa shape index (κ3) is 4.79. The number of carbonyl (C=O) groups excluding carboxylic acids is 2. The number of amides is 2. The van der Waals surface area contributed by atoms with Crippen LogP contribution < -0.4 is 10.6 Å². The van der Waals surface area contributed by atoms with Crippen molar-refractivity contribution in [3.05, 3.63) is 82.8 Å². The van der Waals surface area contributed by atoms with Gasteiger partial charge in [0.15, 0.2) is 0 Å². The number of pyridine rings is 1. The molecule has 34 heavy (non-hydrogen) atoms. The molecule has 2 amide bonds. The van der Waals surface area contributed by atoms with Crippen LogP contribution in [0.4, 0.5) is 5.69 Å². The third-order valence-electron chi connectivity index (χ3n) is 5.48. The zero-order valence-corrected chi connectivity index (χ0v) is 20.3. The van der Waals surface area contributed by atoms with Gasteiger partial charge in [0, 0.05) is 23.5 Å². The Labute approximate surface area is 203 Å². The quantitative estimate of drug-likeness (QED) is 0.410. The first-order valence-electron chi connectivity index (χ1n) is 10.9. The Morgan fingerprint density at radius 3 is 2.62 bits per heavy atom. The lowest BCUT2D eigenvalue weighted by molar-refractivity contribution is -0.128. The van der Waals surface area contributed by atoms with Crippen LogP contribution in [0.5, 0.6) is 0 Å². The van der Waals surface area contributed by atoms with E-state index in [1.165, 1.54) is 0 Å². The van der Waals surface area contributed by atoms with Crippen LogP contribution in [0, 0.1) is 12.3 Å². The lowest BCUT2D eigenvalue weighted by Crippen LogP contribution is -2.34. The van der Waals surface area contributed by atoms with Crippen molar-refractivity contribution in [1.29, 1.82) is 0 Å². The summed E-state index contributed by atoms with van der Waals surface area (Å²) in [6, 6.07) is 14.6. The molecule has 0 radical (unpaired) electrons. The van der Waals surface area contributed by atoms with Crippen molar-refractivity contribution in [1.82, 2.24) is 20.1 Å². The first-order chi connectivity index (χ1) is 16.1. The molecule has 2 N–H and O–H groups in total. The number of hydrogen-bond acceptors (Lipinski definition) is 4. The van der Waals surface area contributed by atoms with Gasteiger partial charge in [0.25, 0.3) is 5.91 Å². The normalized spacial score (nSPS) is 11.4. The fourth-order valence-corrected chi connectivity index (χ4v) is 3.75. The van der Waals surface area contributed by atoms with Crippen LogP contribution >= 0.6 is 11.6 Å². The Balaban J connectivity index is 1.59. The lowest BCUT2D eigenvalue weighted by Gasteiger charge is -2.18. The summed E-state index contributed by atoms with van der Waals surface area (Å²) in [7, 11) is 0. The van der Waals surface area contributed by atoms with E-state index in [9.17, 15) is 9.59 Å². The predicted molar refractivity (Wildman–Crippen MR) is 134 cm³/mol. The van der Waals surface area contributed by atoms with Gasteiger partial charge in [-0.25, -0.2) is 4.68 Å². The highest BCUT2D eigenvalue weighted by atomic mass is 35.5. The maximum Gasteiger partial charge on any atom is 0.257 e. The van der Waals surface area contributed by atoms with E-state index in [-0.39, 0.29) is 11.8 Å². The number of nitrogens with one attached hydrogen (secondary N) is 2. The molecule has 2 heterocycles. The zero-order chi connectivity index (χ0) is 24.5. The number of nitrogens with zero attached hydrogens (tertiary/aromatic N) is 3. The Morgan fingerprint density at radius 1 is 1.09 bits per heavy atom. The lowest BCUT2D eigenvalue weighted by atomic mass is 9.95. The van der Waals surface area contributed by atoms with E-state index in [1.807, 2.05) is 58.0 Å². The van der Waals surface area contributed by atoms with E-state index in [0.29, 0.717) is 22.8 Å². The molecule has 0 spiro atoms. The molecule has 0 unspecified atom stereocenters. The standard InChI is InChI=1S/C26H26ClN5O2/c1-16-22(9-6-12-28-16)32-23-8-5-7-21(19(23)15-30-32)31-24(33)18-13-17(10-11-20(18)27)14-29-25(34)26(2,3)4/h5-13,15H,14H2,1-4H3,(H,29,34)(H,31,33). The largest absolute Gasteiger partial charge is 0.352 e. The highest BCUT2D eigenvalue weighted by Crippen LogP contribution is 2.27. The van der Waals surface area contributed by atoms with E-state index in [0.717, 1.165) is 27.8 Å². The molecule has 0 aliphatic heterocycles. The van der Waals surface area contributed by atoms with Crippen LogP contribution in [-0.4, -0.2) is 26.6 Å². The topological polar surface area (TPSA) is 88.9 Å². The van der Waals surface area contributed by atoms with Crippen LogP contribution in [0.25, 0.3) is 16.6 Å². The van der Waals surface area contributed by atoms with Crippen LogP contribution in [0.2, 0.25) is 5.02 Å². The van der Waals surface area contributed by atoms with E-state index in [1.54, 1.807) is 35.3 Å². The molecule has 0 atom stereocenters. The van der Waals surface area contributed by atoms with E-state index in [4.69, 9.17) is 11.6 Å². The minimum absolute atomic E-state index is 0.0685. The monoisotopic (exact) mass is 475 g/mol. The summed E-state index contributed by atoms with van der Waals surface area (Å²) in [5, 5.41) is 11.5. The molecule has 0 aliphatic rings. The summed E-state index contributed by atoms with van der Waals surface area (Å²) in [5.74, 6) is -0.409. The number of halogens is 1. The average Bonchev–Trinajstić information content (AvgIpc) is 3.23. The number of benzene rings is 2. The van der Waals surface area contributed by atoms with Crippen molar-refractivity contribution < 1.29 is 9.59 Å². The van der Waals surface area contributed by atoms with Gasteiger partial charge in [-0.3, -0.25) is 14.6 Å². The second-order valence-electron chi connectivity index (χ2n) is 9.10. The number of anilines is 1. The first-order valence-corrected chi connectivity index (χ1v) is 11.3. The molecule has 0 fully saturated rings. The maximum atomic E-state index is 13.1. The molecule has 8 heteroatoms. The second-order valence-corrected chi connectivity index (χ2v) is 9.51. The number of rotatable bonds is 5. The summed E-state index contributed by atoms with van der Waals surface area (Å²) < 4.78 is 1.80. The molecule has 0 aliphatic carbocycles. The molecule has 7 nitrogen and oxygen atoms in total. The highest BCUT2D eigenvalue weighted by molar-refractivity contribution is 6.34. The van der Waals surface area contributed by atoms with E-state index in [2.05, 4.69) is 20.7 Å². The zero-order valence-electron chi connectivity index (χ0n) is 19.5. The maximum absolute atomic E-state index is 13.1. The van der Waals surface area contributed by atoms with E-state index >= 15 is 0 Å². The SMILES string of the molecule is Cc1ncccc1-n1ncc2c(NC(=O)c3cc(CNC(=O)C(C)(C)C)ccc3Cl)cccc21. The molecule has 4 rings (SSSR count). The number of hydrogen-bond donors (Lipinski definition) is 2. The summed E-state index contributed by atoms with van der Waals surface area (Å²) in [6.45, 7) is 7.78. The molecule has 0 saturated carbocycles. The number of aryl methyl sites for hydroxylation is 1. The van der Waals surface area contributed by atoms with Crippen molar-refractivity contribution in [3.63, 3.8) is 0 Å². The predicted octanol–water partition coefficient (Wildman–Crippen LogP) is 5.30. The molecule has 0 saturated heterocycles. The van der Waals surface area contributed by atoms with Crippen LogP contribution in [0.15, 0.2) is 60.9 Å². The summed E-state index contributed by atoms with van der Waals surface area (Å²) in [4.78, 5) is 29.7. The van der Waals surface area contributed by atoms with Crippen molar-refractivity contribution in [2.24, 2.45) is 5.41 Å². The second kappa shape index (κ2) is 9.27. The Bertz CT molecular complexity index is 1390. The average molecular weight is 476 g/mol. The van der Waals surface area contributed by atoms with Crippen LogP contribution in [0.3, 0.4) is 0 Å². The van der Waals surface area contributed by atoms with Crippen LogP contribution in [0.1, 0.15) is 42.4 Å². The van der Waals surface area contributed by atoms with Crippen molar-refractivity contribution in [2.75, 3.05) is 5.32 Å². The van der Waals surface area contributed by atoms with Crippen molar-refractivity contribution in [2.45, 2.75) is 34.2 Å². The van der Waals surface area contributed by atoms with Gasteiger partial charge in [-0.2, -0.15) is 5.10 Å². The molecular formula is C26H26ClN5O2. The fraction of sp³-hybridized carbons (Fsp3) is 0.231. The summed E-state index contributed by atoms with van der Waals surface area (Å²) in [6.07, 6.45) is 3.46. The molecule has 2 aromatic heterocycles. The molecule has 4 aromatic rings. The van der Waals surface area contributed by atoms with E-state index < -0.39 is 5.41 Å². The Hall–Kier alpha value is -3.71. The Kier molecular flexibility index (Phi) is 6.39. The van der Waals surface area contributed by atoms with Gasteiger partial charge in [0.2, 0.25) is 5.91 Å². The smallest absolute Gasteiger partial charge is 0.257 e. The van der Waals surface area contributed by atoms with Gasteiger partial charge in [-0.15, -0.1) is 0 Å². The van der Waals surface area contributed by atoms with Gasteiger partial charge in [-0.05, 0) is 48.9 Å². The molecule has 2 aromatic carbocycles. The number of fused-ring (bicyclic) bond motifs is 1. The number of carbonyl (C=O) groups is 2. The summed E-state index contributed by atoms with van der Waals surface area (Å²) in [5.41, 5.74) is 3.81. The Morgan fingerprint density at radius 2 is 1.88 bits per heavy atom.